The molecule has 0 N–H and O–H groups in total. The van der Waals surface area contributed by atoms with Crippen molar-refractivity contribution in [3.63, 3.8) is 0 Å². The van der Waals surface area contributed by atoms with Crippen LogP contribution in [0.2, 0.25) is 11.4 Å². The predicted octanol–water partition coefficient (Wildman–Crippen LogP) is 5.88. The van der Waals surface area contributed by atoms with E-state index in [1.54, 1.807) is 0 Å². The van der Waals surface area contributed by atoms with Crippen molar-refractivity contribution in [2.75, 3.05) is 0 Å². The molecule has 2 heteroatoms. The molecular formula is C22H36SiZr. The summed E-state index contributed by atoms with van der Waals surface area (Å²) < 4.78 is 4.70. The van der Waals surface area contributed by atoms with Crippen LogP contribution in [0.1, 0.15) is 48.5 Å². The van der Waals surface area contributed by atoms with E-state index in [1.165, 1.54) is 4.13 Å². The first-order valence-electron chi connectivity index (χ1n) is 9.41. The molecule has 0 saturated heterocycles. The molecule has 24 heavy (non-hydrogen) atoms. The minimum absolute atomic E-state index is 0.314. The number of hydrogen-bond donors (Lipinski definition) is 0. The molecule has 0 aromatic rings. The molecule has 0 saturated carbocycles. The standard InChI is InChI=1S/C7H15Si.2C5H5.C5H11.Zr/c1-6(2)7(3,4)5-8;2*1-2-4-5-3-1;1-5(2,3)4;/h6H,8H2,1-4H3;2*1-5H;1H2,2-4H3;. The van der Waals surface area contributed by atoms with Crippen LogP contribution in [-0.2, 0) is 20.3 Å². The summed E-state index contributed by atoms with van der Waals surface area (Å²) in [6, 6.07) is 0. The van der Waals surface area contributed by atoms with Crippen LogP contribution >= 0.6 is 0 Å². The molecule has 0 aromatic carbocycles. The monoisotopic (exact) mass is 418 g/mol. The average molecular weight is 420 g/mol. The molecule has 0 atom stereocenters. The quantitative estimate of drug-likeness (QED) is 0.472. The van der Waals surface area contributed by atoms with Crippen molar-refractivity contribution in [2.45, 2.75) is 59.8 Å². The summed E-state index contributed by atoms with van der Waals surface area (Å²) in [5.74, 6) is 0.685. The van der Waals surface area contributed by atoms with E-state index >= 15 is 0 Å². The van der Waals surface area contributed by atoms with Gasteiger partial charge in [0.05, 0.1) is 0 Å². The number of hydrogen-bond acceptors (Lipinski definition) is 0. The second-order valence-electron chi connectivity index (χ2n) is 9.72. The first-order valence-corrected chi connectivity index (χ1v) is 15.9. The molecule has 2 aliphatic carbocycles. The summed E-state index contributed by atoms with van der Waals surface area (Å²) >= 11 is -2.78. The Morgan fingerprint density at radius 1 is 0.875 bits per heavy atom. The third-order valence-corrected chi connectivity index (χ3v) is 27.2. The van der Waals surface area contributed by atoms with Gasteiger partial charge in [0.25, 0.3) is 0 Å². The van der Waals surface area contributed by atoms with Crippen LogP contribution in [0.15, 0.2) is 48.6 Å². The molecule has 2 aliphatic rings. The Hall–Kier alpha value is -0.0700. The molecule has 0 bridgehead atoms. The topological polar surface area (TPSA) is 0 Å². The third kappa shape index (κ3) is 3.85. The fourth-order valence-corrected chi connectivity index (χ4v) is 25.5. The summed E-state index contributed by atoms with van der Waals surface area (Å²) in [6.45, 7) is 17.1. The Kier molecular flexibility index (Phi) is 6.14. The van der Waals surface area contributed by atoms with Crippen molar-refractivity contribution in [2.24, 2.45) is 16.7 Å². The van der Waals surface area contributed by atoms with Crippen LogP contribution in [-0.4, -0.2) is 12.7 Å². The second kappa shape index (κ2) is 7.28. The molecule has 0 heterocycles. The Labute approximate surface area is 157 Å². The molecule has 0 amide bonds. The fraction of sp³-hybridized carbons (Fsp3) is 0.591. The fourth-order valence-electron chi connectivity index (χ4n) is 4.34. The zero-order valence-corrected chi connectivity index (χ0v) is 20.6. The van der Waals surface area contributed by atoms with E-state index in [0.717, 1.165) is 0 Å². The maximum absolute atomic E-state index is 2.78. The van der Waals surface area contributed by atoms with Crippen LogP contribution < -0.4 is 0 Å². The first-order chi connectivity index (χ1) is 11.0. The van der Waals surface area contributed by atoms with Crippen molar-refractivity contribution in [1.29, 1.82) is 0 Å². The van der Waals surface area contributed by atoms with Crippen LogP contribution in [0.5, 0.6) is 0 Å². The first kappa shape index (κ1) is 20.2. The van der Waals surface area contributed by atoms with Crippen LogP contribution in [0.4, 0.5) is 0 Å². The van der Waals surface area contributed by atoms with Crippen molar-refractivity contribution in [1.82, 2.24) is 0 Å². The molecular weight excluding hydrogens is 384 g/mol. The predicted molar refractivity (Wildman–Crippen MR) is 110 cm³/mol. The molecule has 132 valence electrons. The van der Waals surface area contributed by atoms with E-state index < -0.39 is 20.3 Å². The number of allylic oxidation sites excluding steroid dienone is 8. The summed E-state index contributed by atoms with van der Waals surface area (Å²) in [4.78, 5) is 0. The normalized spacial score (nSPS) is 19.2. The molecule has 0 aromatic heterocycles. The summed E-state index contributed by atoms with van der Waals surface area (Å²) in [7, 11) is 2.27. The molecule has 2 rings (SSSR count). The molecule has 0 spiro atoms. The Morgan fingerprint density at radius 2 is 1.25 bits per heavy atom. The summed E-state index contributed by atoms with van der Waals surface area (Å²) in [5, 5.41) is 0. The van der Waals surface area contributed by atoms with E-state index in [2.05, 4.69) is 107 Å². The average Bonchev–Trinajstić information content (AvgIpc) is 3.15. The van der Waals surface area contributed by atoms with E-state index in [1.807, 2.05) is 2.88 Å². The van der Waals surface area contributed by atoms with E-state index in [-0.39, 0.29) is 0 Å². The van der Waals surface area contributed by atoms with Gasteiger partial charge in [0, 0.05) is 0 Å². The van der Waals surface area contributed by atoms with Gasteiger partial charge < -0.3 is 0 Å². The van der Waals surface area contributed by atoms with E-state index in [9.17, 15) is 0 Å². The number of rotatable bonds is 6. The van der Waals surface area contributed by atoms with Gasteiger partial charge >= 0.3 is 158 Å². The Bertz CT molecular complexity index is 544. The zero-order chi connectivity index (χ0) is 18.2. The Morgan fingerprint density at radius 3 is 1.54 bits per heavy atom. The molecule has 0 fully saturated rings. The van der Waals surface area contributed by atoms with Gasteiger partial charge in [-0.05, 0) is 0 Å². The minimum atomic E-state index is -2.78. The van der Waals surface area contributed by atoms with Gasteiger partial charge in [0.2, 0.25) is 0 Å². The zero-order valence-electron chi connectivity index (χ0n) is 16.8. The Balaban J connectivity index is 2.63. The van der Waals surface area contributed by atoms with Crippen molar-refractivity contribution < 1.29 is 20.3 Å². The van der Waals surface area contributed by atoms with Crippen molar-refractivity contribution >= 4 is 12.7 Å². The van der Waals surface area contributed by atoms with Crippen molar-refractivity contribution in [3.05, 3.63) is 48.6 Å². The molecule has 0 radical (unpaired) electrons. The van der Waals surface area contributed by atoms with Crippen LogP contribution in [0.25, 0.3) is 0 Å². The van der Waals surface area contributed by atoms with Crippen LogP contribution in [0.3, 0.4) is 0 Å². The molecule has 0 nitrogen and oxygen atoms in total. The van der Waals surface area contributed by atoms with E-state index in [4.69, 9.17) is 0 Å². The second-order valence-corrected chi connectivity index (χ2v) is 22.9. The van der Waals surface area contributed by atoms with Crippen LogP contribution in [0, 0.1) is 16.7 Å². The van der Waals surface area contributed by atoms with Gasteiger partial charge in [0.1, 0.15) is 0 Å². The molecule has 0 aliphatic heterocycles. The molecule has 0 unspecified atom stereocenters. The van der Waals surface area contributed by atoms with Gasteiger partial charge in [-0.3, -0.25) is 0 Å². The van der Waals surface area contributed by atoms with Crippen molar-refractivity contribution in [3.8, 4) is 0 Å². The summed E-state index contributed by atoms with van der Waals surface area (Å²) in [5.41, 5.74) is 0.692. The van der Waals surface area contributed by atoms with Gasteiger partial charge in [-0.15, -0.1) is 0 Å². The van der Waals surface area contributed by atoms with Gasteiger partial charge in [-0.2, -0.15) is 0 Å². The third-order valence-electron chi connectivity index (χ3n) is 6.29. The SMILES string of the molecule is CC(C)C(C)(C)[C](=[SiH2])[Zr]([CH2]C(C)(C)C)([CH]1C=CC=C1)[CH]1C=CC=C1. The van der Waals surface area contributed by atoms with Gasteiger partial charge in [-0.1, -0.05) is 0 Å². The van der Waals surface area contributed by atoms with Gasteiger partial charge in [-0.25, -0.2) is 0 Å². The summed E-state index contributed by atoms with van der Waals surface area (Å²) in [6.07, 6.45) is 19.2. The maximum atomic E-state index is 2.52. The van der Waals surface area contributed by atoms with E-state index in [0.29, 0.717) is 24.0 Å². The van der Waals surface area contributed by atoms with Gasteiger partial charge in [0.15, 0.2) is 0 Å².